The molecule has 20 heavy (non-hydrogen) atoms. The Bertz CT molecular complexity index is 505. The molecule has 0 aromatic carbocycles. The first-order valence-corrected chi connectivity index (χ1v) is 6.90. The van der Waals surface area contributed by atoms with E-state index in [1.54, 1.807) is 13.1 Å². The van der Waals surface area contributed by atoms with Gasteiger partial charge in [-0.1, -0.05) is 0 Å². The van der Waals surface area contributed by atoms with E-state index >= 15 is 0 Å². The van der Waals surface area contributed by atoms with Gasteiger partial charge in [-0.05, 0) is 47.1 Å². The lowest BCUT2D eigenvalue weighted by Crippen LogP contribution is -2.41. The van der Waals surface area contributed by atoms with Gasteiger partial charge in [0, 0.05) is 11.8 Å². The molecule has 6 heteroatoms. The number of esters is 1. The summed E-state index contributed by atoms with van der Waals surface area (Å²) in [4.78, 5) is 14.9. The number of rotatable bonds is 3. The van der Waals surface area contributed by atoms with Crippen molar-refractivity contribution in [3.05, 3.63) is 17.3 Å². The molecule has 1 aromatic heterocycles. The first-order chi connectivity index (χ1) is 9.19. The minimum atomic E-state index is -0.497. The molecule has 1 saturated heterocycles. The van der Waals surface area contributed by atoms with Crippen LogP contribution in [0.15, 0.2) is 6.20 Å². The van der Waals surface area contributed by atoms with Crippen LogP contribution in [0.3, 0.4) is 0 Å². The molecule has 0 spiro atoms. The zero-order valence-corrected chi connectivity index (χ0v) is 13.0. The molecule has 1 aromatic rings. The van der Waals surface area contributed by atoms with E-state index in [1.807, 2.05) is 34.6 Å². The standard InChI is InChI=1S/C14H22BNO4/c1-7-18-12(17)10-8-16-11(9(10)2)15-19-13(3,4)14(5,6)20-15/h8,16H,7H2,1-6H3. The Morgan fingerprint density at radius 3 is 2.35 bits per heavy atom. The van der Waals surface area contributed by atoms with Gasteiger partial charge in [-0.3, -0.25) is 0 Å². The number of hydrogen-bond donors (Lipinski definition) is 1. The fourth-order valence-corrected chi connectivity index (χ4v) is 2.14. The highest BCUT2D eigenvalue weighted by atomic mass is 16.7. The highest BCUT2D eigenvalue weighted by Gasteiger charge is 2.52. The molecule has 2 heterocycles. The predicted octanol–water partition coefficient (Wildman–Crippen LogP) is 1.80. The summed E-state index contributed by atoms with van der Waals surface area (Å²) in [6.45, 7) is 12.0. The van der Waals surface area contributed by atoms with E-state index < -0.39 is 18.3 Å². The summed E-state index contributed by atoms with van der Waals surface area (Å²) < 4.78 is 17.0. The van der Waals surface area contributed by atoms with Crippen molar-refractivity contribution in [3.63, 3.8) is 0 Å². The van der Waals surface area contributed by atoms with Crippen molar-refractivity contribution >= 4 is 18.7 Å². The van der Waals surface area contributed by atoms with Gasteiger partial charge in [0.15, 0.2) is 0 Å². The lowest BCUT2D eigenvalue weighted by molar-refractivity contribution is 0.00578. The van der Waals surface area contributed by atoms with Crippen molar-refractivity contribution < 1.29 is 18.8 Å². The van der Waals surface area contributed by atoms with Crippen LogP contribution in [0.4, 0.5) is 0 Å². The minimum Gasteiger partial charge on any atom is -0.462 e. The van der Waals surface area contributed by atoms with Gasteiger partial charge in [-0.2, -0.15) is 0 Å². The van der Waals surface area contributed by atoms with Crippen molar-refractivity contribution in [1.82, 2.24) is 4.98 Å². The molecule has 110 valence electrons. The van der Waals surface area contributed by atoms with Gasteiger partial charge < -0.3 is 19.0 Å². The Balaban J connectivity index is 2.26. The number of hydrogen-bond acceptors (Lipinski definition) is 4. The van der Waals surface area contributed by atoms with Gasteiger partial charge in [-0.25, -0.2) is 4.79 Å². The number of carbonyl (C=O) groups is 1. The van der Waals surface area contributed by atoms with Gasteiger partial charge in [0.2, 0.25) is 0 Å². The summed E-state index contributed by atoms with van der Waals surface area (Å²) in [5, 5.41) is 0. The summed E-state index contributed by atoms with van der Waals surface area (Å²) in [6.07, 6.45) is 1.65. The van der Waals surface area contributed by atoms with Crippen molar-refractivity contribution in [2.45, 2.75) is 52.7 Å². The highest BCUT2D eigenvalue weighted by Crippen LogP contribution is 2.36. The molecule has 0 saturated carbocycles. The van der Waals surface area contributed by atoms with Crippen LogP contribution in [-0.2, 0) is 14.0 Å². The molecular weight excluding hydrogens is 257 g/mol. The van der Waals surface area contributed by atoms with Gasteiger partial charge >= 0.3 is 13.1 Å². The van der Waals surface area contributed by atoms with E-state index in [4.69, 9.17) is 14.0 Å². The Labute approximate surface area is 120 Å². The average molecular weight is 279 g/mol. The summed E-state index contributed by atoms with van der Waals surface area (Å²) in [7, 11) is -0.497. The Hall–Kier alpha value is -1.27. The van der Waals surface area contributed by atoms with Crippen LogP contribution in [0, 0.1) is 6.92 Å². The number of aromatic amines is 1. The van der Waals surface area contributed by atoms with E-state index in [0.29, 0.717) is 12.2 Å². The zero-order valence-electron chi connectivity index (χ0n) is 13.0. The number of aromatic nitrogens is 1. The maximum Gasteiger partial charge on any atom is 0.512 e. The quantitative estimate of drug-likeness (QED) is 0.677. The lowest BCUT2D eigenvalue weighted by atomic mass is 9.81. The number of H-pyrrole nitrogens is 1. The SMILES string of the molecule is CCOC(=O)c1c[nH]c(B2OC(C)(C)C(C)(C)O2)c1C. The molecule has 0 aliphatic carbocycles. The van der Waals surface area contributed by atoms with E-state index in [1.165, 1.54) is 0 Å². The number of ether oxygens (including phenoxy) is 1. The second-order valence-corrected chi connectivity index (χ2v) is 6.05. The van der Waals surface area contributed by atoms with Crippen LogP contribution >= 0.6 is 0 Å². The fraction of sp³-hybridized carbons (Fsp3) is 0.643. The Kier molecular flexibility index (Phi) is 3.73. The topological polar surface area (TPSA) is 60.6 Å². The third-order valence-corrected chi connectivity index (χ3v) is 4.16. The number of carbonyl (C=O) groups excluding carboxylic acids is 1. The second-order valence-electron chi connectivity index (χ2n) is 6.05. The average Bonchev–Trinajstić information content (AvgIpc) is 2.78. The van der Waals surface area contributed by atoms with Gasteiger partial charge in [0.25, 0.3) is 0 Å². The first kappa shape index (κ1) is 15.1. The van der Waals surface area contributed by atoms with Crippen molar-refractivity contribution in [2.75, 3.05) is 6.61 Å². The molecule has 0 unspecified atom stereocenters. The maximum absolute atomic E-state index is 11.8. The first-order valence-electron chi connectivity index (χ1n) is 6.90. The lowest BCUT2D eigenvalue weighted by Gasteiger charge is -2.32. The molecule has 0 atom stereocenters. The van der Waals surface area contributed by atoms with Crippen LogP contribution in [0.5, 0.6) is 0 Å². The predicted molar refractivity (Wildman–Crippen MR) is 77.2 cm³/mol. The largest absolute Gasteiger partial charge is 0.512 e. The smallest absolute Gasteiger partial charge is 0.462 e. The Morgan fingerprint density at radius 1 is 1.30 bits per heavy atom. The van der Waals surface area contributed by atoms with Crippen LogP contribution < -0.4 is 5.59 Å². The van der Waals surface area contributed by atoms with Crippen molar-refractivity contribution in [3.8, 4) is 0 Å². The fourth-order valence-electron chi connectivity index (χ4n) is 2.14. The molecule has 1 fully saturated rings. The molecule has 0 radical (unpaired) electrons. The van der Waals surface area contributed by atoms with Gasteiger partial charge in [0.1, 0.15) is 0 Å². The maximum atomic E-state index is 11.8. The highest BCUT2D eigenvalue weighted by molar-refractivity contribution is 6.61. The van der Waals surface area contributed by atoms with E-state index in [-0.39, 0.29) is 5.97 Å². The van der Waals surface area contributed by atoms with Crippen LogP contribution in [0.2, 0.25) is 0 Å². The third-order valence-electron chi connectivity index (χ3n) is 4.16. The van der Waals surface area contributed by atoms with Crippen molar-refractivity contribution in [1.29, 1.82) is 0 Å². The summed E-state index contributed by atoms with van der Waals surface area (Å²) in [6, 6.07) is 0. The summed E-state index contributed by atoms with van der Waals surface area (Å²) in [5.74, 6) is -0.330. The molecule has 1 N–H and O–H groups in total. The second kappa shape index (κ2) is 4.93. The monoisotopic (exact) mass is 279 g/mol. The third kappa shape index (κ3) is 2.38. The number of nitrogens with one attached hydrogen (secondary N) is 1. The molecule has 5 nitrogen and oxygen atoms in total. The van der Waals surface area contributed by atoms with Gasteiger partial charge in [-0.15, -0.1) is 0 Å². The Morgan fingerprint density at radius 2 is 1.85 bits per heavy atom. The molecule has 1 aliphatic rings. The van der Waals surface area contributed by atoms with Gasteiger partial charge in [0.05, 0.1) is 23.4 Å². The molecule has 2 rings (SSSR count). The zero-order chi connectivity index (χ0) is 15.1. The molecule has 1 aliphatic heterocycles. The van der Waals surface area contributed by atoms with E-state index in [9.17, 15) is 4.79 Å². The molecular formula is C14H22BNO4. The van der Waals surface area contributed by atoms with E-state index in [2.05, 4.69) is 4.98 Å². The van der Waals surface area contributed by atoms with Crippen LogP contribution in [0.25, 0.3) is 0 Å². The minimum absolute atomic E-state index is 0.330. The summed E-state index contributed by atoms with van der Waals surface area (Å²) >= 11 is 0. The van der Waals surface area contributed by atoms with E-state index in [0.717, 1.165) is 11.2 Å². The van der Waals surface area contributed by atoms with Crippen LogP contribution in [-0.4, -0.2) is 35.9 Å². The summed E-state index contributed by atoms with van der Waals surface area (Å²) in [5.41, 5.74) is 1.30. The molecule has 0 bridgehead atoms. The normalized spacial score (nSPS) is 20.2. The van der Waals surface area contributed by atoms with Crippen molar-refractivity contribution in [2.24, 2.45) is 0 Å². The van der Waals surface area contributed by atoms with Crippen LogP contribution in [0.1, 0.15) is 50.5 Å². The molecule has 0 amide bonds.